The van der Waals surface area contributed by atoms with Gasteiger partial charge >= 0.3 is 0 Å². The first kappa shape index (κ1) is 16.7. The van der Waals surface area contributed by atoms with Gasteiger partial charge in [-0.2, -0.15) is 5.26 Å². The lowest BCUT2D eigenvalue weighted by molar-refractivity contribution is -0.113. The van der Waals surface area contributed by atoms with Crippen molar-refractivity contribution < 1.29 is 4.79 Å². The monoisotopic (exact) mass is 349 g/mol. The minimum Gasteiger partial charge on any atom is -0.324 e. The highest BCUT2D eigenvalue weighted by atomic mass is 32.2. The number of nitriles is 1. The molecule has 0 bridgehead atoms. The van der Waals surface area contributed by atoms with Gasteiger partial charge in [-0.3, -0.25) is 4.79 Å². The Hall–Kier alpha value is -3.11. The number of hydrogen-bond donors (Lipinski definition) is 1. The van der Waals surface area contributed by atoms with Crippen LogP contribution >= 0.6 is 11.8 Å². The lowest BCUT2D eigenvalue weighted by Crippen LogP contribution is -2.15. The second-order valence-electron chi connectivity index (χ2n) is 5.23. The first-order chi connectivity index (χ1) is 12.2. The van der Waals surface area contributed by atoms with Crippen LogP contribution in [-0.4, -0.2) is 26.4 Å². The van der Waals surface area contributed by atoms with Crippen LogP contribution in [0.4, 0.5) is 5.69 Å². The Kier molecular flexibility index (Phi) is 5.11. The predicted octanol–water partition coefficient (Wildman–Crippen LogP) is 3.08. The minimum absolute atomic E-state index is 0.181. The van der Waals surface area contributed by atoms with Crippen LogP contribution in [0, 0.1) is 11.3 Å². The van der Waals surface area contributed by atoms with Gasteiger partial charge in [0.15, 0.2) is 11.0 Å². The molecule has 1 amide bonds. The zero-order chi connectivity index (χ0) is 17.6. The summed E-state index contributed by atoms with van der Waals surface area (Å²) in [6.07, 6.45) is 0. The molecule has 0 radical (unpaired) electrons. The van der Waals surface area contributed by atoms with Crippen LogP contribution in [0.1, 0.15) is 5.56 Å². The topological polar surface area (TPSA) is 83.6 Å². The van der Waals surface area contributed by atoms with Gasteiger partial charge in [0.2, 0.25) is 5.91 Å². The molecule has 0 saturated carbocycles. The van der Waals surface area contributed by atoms with Gasteiger partial charge in [0.1, 0.15) is 6.07 Å². The van der Waals surface area contributed by atoms with Crippen molar-refractivity contribution in [2.75, 3.05) is 11.1 Å². The molecule has 1 heterocycles. The number of benzene rings is 2. The molecular formula is C18H15N5OS. The molecular weight excluding hydrogens is 334 g/mol. The molecule has 3 rings (SSSR count). The molecule has 0 aliphatic heterocycles. The molecule has 0 fully saturated rings. The number of carbonyl (C=O) groups is 1. The first-order valence-electron chi connectivity index (χ1n) is 7.55. The van der Waals surface area contributed by atoms with E-state index in [-0.39, 0.29) is 11.7 Å². The molecule has 0 spiro atoms. The van der Waals surface area contributed by atoms with Crippen LogP contribution in [0.5, 0.6) is 0 Å². The summed E-state index contributed by atoms with van der Waals surface area (Å²) in [6, 6.07) is 18.7. The van der Waals surface area contributed by atoms with Crippen LogP contribution in [-0.2, 0) is 11.8 Å². The summed E-state index contributed by atoms with van der Waals surface area (Å²) in [5.74, 6) is 0.732. The predicted molar refractivity (Wildman–Crippen MR) is 96.9 cm³/mol. The van der Waals surface area contributed by atoms with Crippen LogP contribution in [0.2, 0.25) is 0 Å². The van der Waals surface area contributed by atoms with Gasteiger partial charge < -0.3 is 9.88 Å². The molecule has 3 aromatic rings. The fraction of sp³-hybridized carbons (Fsp3) is 0.111. The molecule has 124 valence electrons. The Morgan fingerprint density at radius 2 is 1.88 bits per heavy atom. The summed E-state index contributed by atoms with van der Waals surface area (Å²) < 4.78 is 1.86. The molecule has 0 atom stereocenters. The summed E-state index contributed by atoms with van der Waals surface area (Å²) in [6.45, 7) is 0. The van der Waals surface area contributed by atoms with Gasteiger partial charge in [0, 0.05) is 12.6 Å². The molecule has 6 nitrogen and oxygen atoms in total. The lowest BCUT2D eigenvalue weighted by Gasteiger charge is -2.07. The van der Waals surface area contributed by atoms with Gasteiger partial charge in [-0.1, -0.05) is 54.2 Å². The molecule has 1 N–H and O–H groups in total. The number of nitrogens with zero attached hydrogens (tertiary/aromatic N) is 4. The molecule has 0 aliphatic carbocycles. The van der Waals surface area contributed by atoms with Crippen molar-refractivity contribution in [3.63, 3.8) is 0 Å². The van der Waals surface area contributed by atoms with Gasteiger partial charge in [0.05, 0.1) is 17.0 Å². The summed E-state index contributed by atoms with van der Waals surface area (Å²) in [5.41, 5.74) is 1.92. The van der Waals surface area contributed by atoms with Crippen molar-refractivity contribution in [3.05, 3.63) is 60.2 Å². The molecule has 0 aliphatic rings. The van der Waals surface area contributed by atoms with E-state index in [0.717, 1.165) is 11.4 Å². The highest BCUT2D eigenvalue weighted by Gasteiger charge is 2.13. The molecule has 25 heavy (non-hydrogen) atoms. The standard InChI is InChI=1S/C18H15N5OS/c1-23-17(13-7-3-2-4-8-13)21-22-18(23)25-12-16(24)20-15-10-6-5-9-14(15)11-19/h2-10H,12H2,1H3,(H,20,24). The summed E-state index contributed by atoms with van der Waals surface area (Å²) in [5, 5.41) is 20.8. The van der Waals surface area contributed by atoms with E-state index in [1.807, 2.05) is 41.9 Å². The quantitative estimate of drug-likeness (QED) is 0.716. The second kappa shape index (κ2) is 7.64. The smallest absolute Gasteiger partial charge is 0.234 e. The number of para-hydroxylation sites is 1. The number of nitrogens with one attached hydrogen (secondary N) is 1. The van der Waals surface area contributed by atoms with E-state index >= 15 is 0 Å². The average Bonchev–Trinajstić information content (AvgIpc) is 3.02. The highest BCUT2D eigenvalue weighted by Crippen LogP contribution is 2.22. The number of rotatable bonds is 5. The van der Waals surface area contributed by atoms with Crippen molar-refractivity contribution in [1.29, 1.82) is 5.26 Å². The second-order valence-corrected chi connectivity index (χ2v) is 6.17. The maximum Gasteiger partial charge on any atom is 0.234 e. The Morgan fingerprint density at radius 3 is 2.64 bits per heavy atom. The number of anilines is 1. The third-order valence-electron chi connectivity index (χ3n) is 3.52. The molecule has 7 heteroatoms. The van der Waals surface area contributed by atoms with Crippen molar-refractivity contribution in [2.24, 2.45) is 7.05 Å². The third kappa shape index (κ3) is 3.87. The molecule has 1 aromatic heterocycles. The Balaban J connectivity index is 1.65. The van der Waals surface area contributed by atoms with E-state index in [0.29, 0.717) is 16.4 Å². The SMILES string of the molecule is Cn1c(SCC(=O)Nc2ccccc2C#N)nnc1-c1ccccc1. The number of hydrogen-bond acceptors (Lipinski definition) is 5. The Labute approximate surface area is 149 Å². The van der Waals surface area contributed by atoms with Gasteiger partial charge in [-0.15, -0.1) is 10.2 Å². The maximum atomic E-state index is 12.1. The van der Waals surface area contributed by atoms with Gasteiger partial charge in [0.25, 0.3) is 0 Å². The summed E-state index contributed by atoms with van der Waals surface area (Å²) in [7, 11) is 1.87. The minimum atomic E-state index is -0.197. The van der Waals surface area contributed by atoms with Gasteiger partial charge in [-0.05, 0) is 12.1 Å². The van der Waals surface area contributed by atoms with Crippen LogP contribution in [0.15, 0.2) is 59.8 Å². The maximum absolute atomic E-state index is 12.1. The lowest BCUT2D eigenvalue weighted by atomic mass is 10.2. The number of aromatic nitrogens is 3. The first-order valence-corrected chi connectivity index (χ1v) is 8.54. The molecule has 2 aromatic carbocycles. The Bertz CT molecular complexity index is 930. The van der Waals surface area contributed by atoms with Crippen molar-refractivity contribution in [1.82, 2.24) is 14.8 Å². The summed E-state index contributed by atoms with van der Waals surface area (Å²) >= 11 is 1.30. The van der Waals surface area contributed by atoms with Crippen molar-refractivity contribution in [3.8, 4) is 17.5 Å². The van der Waals surface area contributed by atoms with E-state index in [4.69, 9.17) is 5.26 Å². The zero-order valence-corrected chi connectivity index (χ0v) is 14.3. The molecule has 0 saturated heterocycles. The van der Waals surface area contributed by atoms with E-state index in [1.54, 1.807) is 24.3 Å². The average molecular weight is 349 g/mol. The van der Waals surface area contributed by atoms with E-state index in [9.17, 15) is 4.79 Å². The van der Waals surface area contributed by atoms with E-state index in [2.05, 4.69) is 21.6 Å². The Morgan fingerprint density at radius 1 is 1.16 bits per heavy atom. The molecule has 0 unspecified atom stereocenters. The van der Waals surface area contributed by atoms with Crippen molar-refractivity contribution in [2.45, 2.75) is 5.16 Å². The fourth-order valence-electron chi connectivity index (χ4n) is 2.29. The number of amides is 1. The van der Waals surface area contributed by atoms with Crippen LogP contribution in [0.25, 0.3) is 11.4 Å². The van der Waals surface area contributed by atoms with Crippen molar-refractivity contribution >= 4 is 23.4 Å². The number of thioether (sulfide) groups is 1. The summed E-state index contributed by atoms with van der Waals surface area (Å²) in [4.78, 5) is 12.1. The van der Waals surface area contributed by atoms with Crippen LogP contribution in [0.3, 0.4) is 0 Å². The van der Waals surface area contributed by atoms with E-state index < -0.39 is 0 Å². The van der Waals surface area contributed by atoms with Crippen LogP contribution < -0.4 is 5.32 Å². The number of carbonyl (C=O) groups excluding carboxylic acids is 1. The fourth-order valence-corrected chi connectivity index (χ4v) is 3.00. The van der Waals surface area contributed by atoms with Gasteiger partial charge in [-0.25, -0.2) is 0 Å². The normalized spacial score (nSPS) is 10.2. The third-order valence-corrected chi connectivity index (χ3v) is 4.54. The van der Waals surface area contributed by atoms with E-state index in [1.165, 1.54) is 11.8 Å². The zero-order valence-electron chi connectivity index (χ0n) is 13.5. The highest BCUT2D eigenvalue weighted by molar-refractivity contribution is 7.99. The largest absolute Gasteiger partial charge is 0.324 e.